The van der Waals surface area contributed by atoms with Crippen LogP contribution in [0.25, 0.3) is 0 Å². The molecule has 0 spiro atoms. The molecular weight excluding hydrogens is 301 g/mol. The molecular formula is C12H13BrFN3O. The highest BCUT2D eigenvalue weighted by Crippen LogP contribution is 2.26. The average molecular weight is 314 g/mol. The van der Waals surface area contributed by atoms with Gasteiger partial charge in [-0.2, -0.15) is 0 Å². The minimum Gasteiger partial charge on any atom is -0.444 e. The van der Waals surface area contributed by atoms with Gasteiger partial charge in [-0.25, -0.2) is 9.37 Å². The van der Waals surface area contributed by atoms with Crippen LogP contribution in [0.5, 0.6) is 0 Å². The lowest BCUT2D eigenvalue weighted by Crippen LogP contribution is -2.03. The fourth-order valence-corrected chi connectivity index (χ4v) is 1.84. The van der Waals surface area contributed by atoms with Crippen molar-refractivity contribution in [1.29, 1.82) is 0 Å². The van der Waals surface area contributed by atoms with Crippen molar-refractivity contribution in [2.24, 2.45) is 0 Å². The summed E-state index contributed by atoms with van der Waals surface area (Å²) in [6.45, 7) is 2.35. The summed E-state index contributed by atoms with van der Waals surface area (Å²) in [4.78, 5) is 4.10. The Morgan fingerprint density at radius 3 is 2.94 bits per heavy atom. The van der Waals surface area contributed by atoms with Crippen molar-refractivity contribution in [3.8, 4) is 0 Å². The summed E-state index contributed by atoms with van der Waals surface area (Å²) in [6, 6.07) is 2.85. The van der Waals surface area contributed by atoms with E-state index >= 15 is 0 Å². The summed E-state index contributed by atoms with van der Waals surface area (Å²) >= 11 is 3.08. The maximum absolute atomic E-state index is 13.4. The predicted molar refractivity (Wildman–Crippen MR) is 71.7 cm³/mol. The molecule has 0 bridgehead atoms. The number of nitrogen functional groups attached to an aromatic ring is 1. The molecule has 2 aromatic rings. The zero-order valence-corrected chi connectivity index (χ0v) is 11.4. The Balaban J connectivity index is 2.08. The number of benzene rings is 1. The van der Waals surface area contributed by atoms with Gasteiger partial charge in [0.25, 0.3) is 0 Å². The van der Waals surface area contributed by atoms with Crippen molar-refractivity contribution >= 4 is 27.3 Å². The molecule has 0 radical (unpaired) electrons. The SMILES string of the molecule is CCc1cnc(CNc2cc(F)c(Br)cc2N)o1. The van der Waals surface area contributed by atoms with Gasteiger partial charge in [-0.15, -0.1) is 0 Å². The van der Waals surface area contributed by atoms with E-state index in [0.29, 0.717) is 28.3 Å². The van der Waals surface area contributed by atoms with Crippen molar-refractivity contribution < 1.29 is 8.81 Å². The number of anilines is 2. The van der Waals surface area contributed by atoms with Crippen LogP contribution < -0.4 is 11.1 Å². The topological polar surface area (TPSA) is 64.1 Å². The molecule has 0 atom stereocenters. The van der Waals surface area contributed by atoms with E-state index < -0.39 is 0 Å². The largest absolute Gasteiger partial charge is 0.444 e. The first kappa shape index (κ1) is 12.9. The second-order valence-corrected chi connectivity index (χ2v) is 4.64. The van der Waals surface area contributed by atoms with Gasteiger partial charge < -0.3 is 15.5 Å². The van der Waals surface area contributed by atoms with Crippen LogP contribution in [-0.2, 0) is 13.0 Å². The zero-order chi connectivity index (χ0) is 13.1. The first-order chi connectivity index (χ1) is 8.60. The van der Waals surface area contributed by atoms with Crippen LogP contribution in [0.1, 0.15) is 18.6 Å². The van der Waals surface area contributed by atoms with Gasteiger partial charge in [0.05, 0.1) is 28.6 Å². The Labute approximate surface area is 113 Å². The van der Waals surface area contributed by atoms with Gasteiger partial charge in [-0.1, -0.05) is 6.92 Å². The number of halogens is 2. The molecule has 96 valence electrons. The van der Waals surface area contributed by atoms with Gasteiger partial charge in [0, 0.05) is 12.5 Å². The van der Waals surface area contributed by atoms with Crippen LogP contribution in [0.15, 0.2) is 27.2 Å². The highest BCUT2D eigenvalue weighted by atomic mass is 79.9. The quantitative estimate of drug-likeness (QED) is 0.850. The summed E-state index contributed by atoms with van der Waals surface area (Å²) in [5, 5.41) is 2.99. The third-order valence-corrected chi connectivity index (χ3v) is 3.08. The van der Waals surface area contributed by atoms with Gasteiger partial charge in [0.2, 0.25) is 5.89 Å². The molecule has 0 aliphatic rings. The Morgan fingerprint density at radius 2 is 2.28 bits per heavy atom. The molecule has 4 nitrogen and oxygen atoms in total. The van der Waals surface area contributed by atoms with E-state index in [2.05, 4.69) is 26.2 Å². The van der Waals surface area contributed by atoms with Crippen LogP contribution in [0, 0.1) is 5.82 Å². The second kappa shape index (κ2) is 5.39. The minimum absolute atomic E-state index is 0.343. The van der Waals surface area contributed by atoms with Gasteiger partial charge in [-0.05, 0) is 22.0 Å². The Bertz CT molecular complexity index is 556. The van der Waals surface area contributed by atoms with E-state index in [1.165, 1.54) is 12.1 Å². The van der Waals surface area contributed by atoms with E-state index in [1.54, 1.807) is 6.20 Å². The van der Waals surface area contributed by atoms with E-state index in [1.807, 2.05) is 6.92 Å². The molecule has 0 unspecified atom stereocenters. The number of aromatic nitrogens is 1. The number of aryl methyl sites for hydroxylation is 1. The van der Waals surface area contributed by atoms with Gasteiger partial charge >= 0.3 is 0 Å². The second-order valence-electron chi connectivity index (χ2n) is 3.78. The fourth-order valence-electron chi connectivity index (χ4n) is 1.48. The first-order valence-electron chi connectivity index (χ1n) is 5.52. The first-order valence-corrected chi connectivity index (χ1v) is 6.31. The molecule has 1 aromatic heterocycles. The maximum atomic E-state index is 13.4. The summed E-state index contributed by atoms with van der Waals surface area (Å²) in [5.41, 5.74) is 6.76. The molecule has 0 amide bonds. The van der Waals surface area contributed by atoms with Crippen molar-refractivity contribution in [2.75, 3.05) is 11.1 Å². The maximum Gasteiger partial charge on any atom is 0.213 e. The molecule has 0 saturated carbocycles. The van der Waals surface area contributed by atoms with Crippen LogP contribution in [-0.4, -0.2) is 4.98 Å². The van der Waals surface area contributed by atoms with Crippen LogP contribution in [0.3, 0.4) is 0 Å². The van der Waals surface area contributed by atoms with E-state index in [9.17, 15) is 4.39 Å². The third kappa shape index (κ3) is 2.81. The summed E-state index contributed by atoms with van der Waals surface area (Å²) in [7, 11) is 0. The monoisotopic (exact) mass is 313 g/mol. The van der Waals surface area contributed by atoms with Crippen molar-refractivity contribution in [3.63, 3.8) is 0 Å². The molecule has 2 rings (SSSR count). The highest BCUT2D eigenvalue weighted by molar-refractivity contribution is 9.10. The molecule has 1 aromatic carbocycles. The summed E-state index contributed by atoms with van der Waals surface area (Å²) in [5.74, 6) is 1.00. The standard InChI is InChI=1S/C12H13BrFN3O/c1-2-7-5-17-12(18-7)6-16-11-4-9(14)8(13)3-10(11)15/h3-5,16H,2,6,15H2,1H3. The molecule has 0 aliphatic carbocycles. The lowest BCUT2D eigenvalue weighted by molar-refractivity contribution is 0.466. The van der Waals surface area contributed by atoms with Crippen LogP contribution in [0.4, 0.5) is 15.8 Å². The van der Waals surface area contributed by atoms with Gasteiger partial charge in [0.15, 0.2) is 0 Å². The van der Waals surface area contributed by atoms with Crippen LogP contribution >= 0.6 is 15.9 Å². The number of hydrogen-bond acceptors (Lipinski definition) is 4. The normalized spacial score (nSPS) is 10.6. The minimum atomic E-state index is -0.367. The van der Waals surface area contributed by atoms with Crippen molar-refractivity contribution in [1.82, 2.24) is 4.98 Å². The lowest BCUT2D eigenvalue weighted by atomic mass is 10.2. The summed E-state index contributed by atoms with van der Waals surface area (Å²) in [6.07, 6.45) is 2.48. The third-order valence-electron chi connectivity index (χ3n) is 2.47. The lowest BCUT2D eigenvalue weighted by Gasteiger charge is -2.08. The van der Waals surface area contributed by atoms with Crippen LogP contribution in [0.2, 0.25) is 0 Å². The summed E-state index contributed by atoms with van der Waals surface area (Å²) < 4.78 is 19.1. The number of nitrogens with one attached hydrogen (secondary N) is 1. The smallest absolute Gasteiger partial charge is 0.213 e. The fraction of sp³-hybridized carbons (Fsp3) is 0.250. The van der Waals surface area contributed by atoms with Crippen molar-refractivity contribution in [3.05, 3.63) is 40.3 Å². The van der Waals surface area contributed by atoms with Crippen molar-refractivity contribution in [2.45, 2.75) is 19.9 Å². The Morgan fingerprint density at radius 1 is 1.50 bits per heavy atom. The molecule has 6 heteroatoms. The molecule has 0 aliphatic heterocycles. The Hall–Kier alpha value is -1.56. The number of oxazole rings is 1. The Kier molecular flexibility index (Phi) is 3.86. The highest BCUT2D eigenvalue weighted by Gasteiger charge is 2.07. The van der Waals surface area contributed by atoms with E-state index in [-0.39, 0.29) is 5.82 Å². The number of nitrogens with two attached hydrogens (primary N) is 1. The van der Waals surface area contributed by atoms with Gasteiger partial charge in [-0.3, -0.25) is 0 Å². The molecule has 0 saturated heterocycles. The molecule has 1 heterocycles. The zero-order valence-electron chi connectivity index (χ0n) is 9.84. The predicted octanol–water partition coefficient (Wildman–Crippen LogP) is 3.33. The van der Waals surface area contributed by atoms with E-state index in [4.69, 9.17) is 10.2 Å². The molecule has 3 N–H and O–H groups in total. The average Bonchev–Trinajstić information content (AvgIpc) is 2.80. The number of hydrogen-bond donors (Lipinski definition) is 2. The number of rotatable bonds is 4. The van der Waals surface area contributed by atoms with Gasteiger partial charge in [0.1, 0.15) is 11.6 Å². The van der Waals surface area contributed by atoms with E-state index in [0.717, 1.165) is 12.2 Å². The molecule has 0 fully saturated rings. The number of nitrogens with zero attached hydrogens (tertiary/aromatic N) is 1. The molecule has 18 heavy (non-hydrogen) atoms.